The molecule has 27 heavy (non-hydrogen) atoms. The molecule has 0 unspecified atom stereocenters. The van der Waals surface area contributed by atoms with Crippen molar-refractivity contribution in [3.63, 3.8) is 0 Å². The molecule has 142 valence electrons. The summed E-state index contributed by atoms with van der Waals surface area (Å²) in [5, 5.41) is 5.86. The van der Waals surface area contributed by atoms with Gasteiger partial charge in [-0.2, -0.15) is 0 Å². The van der Waals surface area contributed by atoms with Gasteiger partial charge in [0, 0.05) is 22.8 Å². The van der Waals surface area contributed by atoms with Crippen LogP contribution >= 0.6 is 23.2 Å². The van der Waals surface area contributed by atoms with Crippen LogP contribution in [0.2, 0.25) is 10.0 Å². The molecule has 0 spiro atoms. The Morgan fingerprint density at radius 2 is 1.89 bits per heavy atom. The van der Waals surface area contributed by atoms with E-state index in [0.29, 0.717) is 10.0 Å². The topological polar surface area (TPSA) is 97.4 Å². The Labute approximate surface area is 166 Å². The van der Waals surface area contributed by atoms with Crippen molar-refractivity contribution < 1.29 is 19.1 Å². The maximum absolute atomic E-state index is 12.0. The monoisotopic (exact) mass is 409 g/mol. The van der Waals surface area contributed by atoms with Crippen LogP contribution in [0.3, 0.4) is 0 Å². The van der Waals surface area contributed by atoms with Gasteiger partial charge in [-0.15, -0.1) is 0 Å². The van der Waals surface area contributed by atoms with Crippen LogP contribution in [0.25, 0.3) is 0 Å². The summed E-state index contributed by atoms with van der Waals surface area (Å²) < 4.78 is 5.00. The lowest BCUT2D eigenvalue weighted by Crippen LogP contribution is -2.38. The van der Waals surface area contributed by atoms with Gasteiger partial charge in [-0.3, -0.25) is 19.4 Å². The van der Waals surface area contributed by atoms with Crippen molar-refractivity contribution in [2.24, 2.45) is 0 Å². The lowest BCUT2D eigenvalue weighted by molar-refractivity contribution is -0.153. The molecule has 0 aliphatic rings. The quantitative estimate of drug-likeness (QED) is 0.684. The third-order valence-electron chi connectivity index (χ3n) is 3.44. The van der Waals surface area contributed by atoms with Crippen LogP contribution in [0.15, 0.2) is 42.6 Å². The predicted octanol–water partition coefficient (Wildman–Crippen LogP) is 2.37. The van der Waals surface area contributed by atoms with Gasteiger partial charge in [0.2, 0.25) is 0 Å². The summed E-state index contributed by atoms with van der Waals surface area (Å²) in [4.78, 5) is 39.5. The molecule has 0 fully saturated rings. The van der Waals surface area contributed by atoms with Crippen LogP contribution in [0.5, 0.6) is 0 Å². The van der Waals surface area contributed by atoms with Gasteiger partial charge in [0.1, 0.15) is 12.2 Å². The summed E-state index contributed by atoms with van der Waals surface area (Å²) in [6, 6.07) is 9.96. The van der Waals surface area contributed by atoms with Gasteiger partial charge in [-0.05, 0) is 30.7 Å². The number of hydrogen-bond donors (Lipinski definition) is 2. The number of carbonyl (C=O) groups is 3. The second-order valence-corrected chi connectivity index (χ2v) is 6.33. The van der Waals surface area contributed by atoms with E-state index < -0.39 is 30.4 Å². The van der Waals surface area contributed by atoms with Gasteiger partial charge in [-0.25, -0.2) is 0 Å². The van der Waals surface area contributed by atoms with Crippen molar-refractivity contribution in [3.05, 3.63) is 63.9 Å². The van der Waals surface area contributed by atoms with Crippen molar-refractivity contribution >= 4 is 41.0 Å². The molecule has 2 aromatic rings. The first-order chi connectivity index (χ1) is 12.9. The maximum Gasteiger partial charge on any atom is 0.326 e. The van der Waals surface area contributed by atoms with Gasteiger partial charge in [0.15, 0.2) is 6.10 Å². The van der Waals surface area contributed by atoms with Gasteiger partial charge >= 0.3 is 5.97 Å². The lowest BCUT2D eigenvalue weighted by Gasteiger charge is -2.14. The summed E-state index contributed by atoms with van der Waals surface area (Å²) in [7, 11) is 0. The molecule has 9 heteroatoms. The Kier molecular flexibility index (Phi) is 7.57. The molecule has 0 radical (unpaired) electrons. The van der Waals surface area contributed by atoms with Crippen molar-refractivity contribution in [1.29, 1.82) is 0 Å². The number of carbonyl (C=O) groups excluding carboxylic acids is 3. The molecule has 2 rings (SSSR count). The van der Waals surface area contributed by atoms with E-state index in [1.165, 1.54) is 25.3 Å². The zero-order chi connectivity index (χ0) is 19.8. The summed E-state index contributed by atoms with van der Waals surface area (Å²) in [5.74, 6) is -1.82. The van der Waals surface area contributed by atoms with E-state index in [4.69, 9.17) is 27.9 Å². The largest absolute Gasteiger partial charge is 0.451 e. The minimum atomic E-state index is -1.03. The van der Waals surface area contributed by atoms with Crippen molar-refractivity contribution in [2.75, 3.05) is 6.54 Å². The van der Waals surface area contributed by atoms with Gasteiger partial charge in [-0.1, -0.05) is 41.4 Å². The van der Waals surface area contributed by atoms with E-state index >= 15 is 0 Å². The fourth-order valence-corrected chi connectivity index (χ4v) is 2.39. The first kappa shape index (κ1) is 20.7. The van der Waals surface area contributed by atoms with Crippen LogP contribution in [0.1, 0.15) is 23.0 Å². The summed E-state index contributed by atoms with van der Waals surface area (Å²) in [6.45, 7) is 1.23. The van der Waals surface area contributed by atoms with Crippen LogP contribution < -0.4 is 10.6 Å². The van der Waals surface area contributed by atoms with E-state index in [-0.39, 0.29) is 12.2 Å². The average Bonchev–Trinajstić information content (AvgIpc) is 2.65. The Hall–Kier alpha value is -2.64. The second-order valence-electron chi connectivity index (χ2n) is 5.48. The number of nitrogens with one attached hydrogen (secondary N) is 2. The maximum atomic E-state index is 12.0. The molecule has 1 aromatic carbocycles. The standard InChI is InChI=1S/C18H17Cl2N3O4/c1-11(17(25)22-9-12-4-2-3-5-14(12)20)27-16(24)10-23-18(26)15-8-13(19)6-7-21-15/h2-8,11H,9-10H2,1H3,(H,22,25)(H,23,26)/t11-/m1/s1. The number of aromatic nitrogens is 1. The number of halogens is 2. The number of esters is 1. The molecule has 1 atom stereocenters. The van der Waals surface area contributed by atoms with Gasteiger partial charge < -0.3 is 15.4 Å². The fourth-order valence-electron chi connectivity index (χ4n) is 2.03. The molecule has 1 heterocycles. The molecule has 0 saturated carbocycles. The third kappa shape index (κ3) is 6.54. The summed E-state index contributed by atoms with van der Waals surface area (Å²) >= 11 is 11.8. The van der Waals surface area contributed by atoms with E-state index in [9.17, 15) is 14.4 Å². The number of ether oxygens (including phenoxy) is 1. The minimum absolute atomic E-state index is 0.0702. The van der Waals surface area contributed by atoms with Crippen LogP contribution in [-0.2, 0) is 20.9 Å². The molecule has 7 nitrogen and oxygen atoms in total. The Bertz CT molecular complexity index is 845. The minimum Gasteiger partial charge on any atom is -0.451 e. The number of nitrogens with zero attached hydrogens (tertiary/aromatic N) is 1. The predicted molar refractivity (Wildman–Crippen MR) is 100 cm³/mol. The zero-order valence-electron chi connectivity index (χ0n) is 14.4. The molecule has 1 aromatic heterocycles. The molecule has 0 aliphatic heterocycles. The van der Waals surface area contributed by atoms with Crippen molar-refractivity contribution in [1.82, 2.24) is 15.6 Å². The summed E-state index contributed by atoms with van der Waals surface area (Å²) in [6.07, 6.45) is 0.349. The van der Waals surface area contributed by atoms with E-state index in [2.05, 4.69) is 15.6 Å². The van der Waals surface area contributed by atoms with E-state index in [1.807, 2.05) is 0 Å². The normalized spacial score (nSPS) is 11.4. The number of amides is 2. The number of rotatable bonds is 7. The zero-order valence-corrected chi connectivity index (χ0v) is 15.9. The van der Waals surface area contributed by atoms with Crippen molar-refractivity contribution in [2.45, 2.75) is 19.6 Å². The highest BCUT2D eigenvalue weighted by molar-refractivity contribution is 6.31. The first-order valence-corrected chi connectivity index (χ1v) is 8.72. The van der Waals surface area contributed by atoms with Crippen LogP contribution in [0, 0.1) is 0 Å². The molecular formula is C18H17Cl2N3O4. The smallest absolute Gasteiger partial charge is 0.326 e. The number of hydrogen-bond acceptors (Lipinski definition) is 5. The van der Waals surface area contributed by atoms with Crippen LogP contribution in [0.4, 0.5) is 0 Å². The molecule has 0 bridgehead atoms. The Morgan fingerprint density at radius 1 is 1.15 bits per heavy atom. The molecule has 0 saturated heterocycles. The molecular weight excluding hydrogens is 393 g/mol. The molecule has 2 N–H and O–H groups in total. The van der Waals surface area contributed by atoms with Gasteiger partial charge in [0.05, 0.1) is 0 Å². The fraction of sp³-hybridized carbons (Fsp3) is 0.222. The van der Waals surface area contributed by atoms with E-state index in [0.717, 1.165) is 5.56 Å². The SMILES string of the molecule is C[C@@H](OC(=O)CNC(=O)c1cc(Cl)ccn1)C(=O)NCc1ccccc1Cl. The highest BCUT2D eigenvalue weighted by atomic mass is 35.5. The van der Waals surface area contributed by atoms with Crippen molar-refractivity contribution in [3.8, 4) is 0 Å². The average molecular weight is 410 g/mol. The number of benzene rings is 1. The molecule has 2 amide bonds. The van der Waals surface area contributed by atoms with E-state index in [1.54, 1.807) is 24.3 Å². The molecule has 0 aliphatic carbocycles. The first-order valence-electron chi connectivity index (χ1n) is 7.97. The number of pyridine rings is 1. The Balaban J connectivity index is 1.76. The Morgan fingerprint density at radius 3 is 2.59 bits per heavy atom. The van der Waals surface area contributed by atoms with Gasteiger partial charge in [0.25, 0.3) is 11.8 Å². The highest BCUT2D eigenvalue weighted by Gasteiger charge is 2.18. The lowest BCUT2D eigenvalue weighted by atomic mass is 10.2. The second kappa shape index (κ2) is 9.89. The highest BCUT2D eigenvalue weighted by Crippen LogP contribution is 2.14. The summed E-state index contributed by atoms with van der Waals surface area (Å²) in [5.41, 5.74) is 0.813. The van der Waals surface area contributed by atoms with Crippen LogP contribution in [-0.4, -0.2) is 35.4 Å². The third-order valence-corrected chi connectivity index (χ3v) is 4.04.